The van der Waals surface area contributed by atoms with Gasteiger partial charge in [0.2, 0.25) is 0 Å². The number of anilines is 2. The van der Waals surface area contributed by atoms with Gasteiger partial charge in [0.05, 0.1) is 16.9 Å². The molecule has 25 heavy (non-hydrogen) atoms. The molecule has 0 bridgehead atoms. The van der Waals surface area contributed by atoms with E-state index in [1.807, 2.05) is 0 Å². The number of carbonyl (C=O) groups excluding carboxylic acids is 1. The van der Waals surface area contributed by atoms with Gasteiger partial charge in [0, 0.05) is 12.4 Å². The second-order valence-electron chi connectivity index (χ2n) is 4.65. The zero-order valence-electron chi connectivity index (χ0n) is 12.4. The molecule has 1 aromatic heterocycles. The van der Waals surface area contributed by atoms with Crippen LogP contribution in [0.5, 0.6) is 0 Å². The van der Waals surface area contributed by atoms with Gasteiger partial charge < -0.3 is 10.6 Å². The van der Waals surface area contributed by atoms with Gasteiger partial charge >= 0.3 is 6.18 Å². The minimum Gasteiger partial charge on any atom is -0.358 e. The van der Waals surface area contributed by atoms with Crippen molar-refractivity contribution in [1.82, 2.24) is 4.98 Å². The van der Waals surface area contributed by atoms with Crippen LogP contribution in [0, 0.1) is 11.3 Å². The summed E-state index contributed by atoms with van der Waals surface area (Å²) in [6.07, 6.45) is -2.15. The summed E-state index contributed by atoms with van der Waals surface area (Å²) < 4.78 is 38.8. The maximum absolute atomic E-state index is 12.9. The lowest BCUT2D eigenvalue weighted by Gasteiger charge is -2.13. The first-order valence-corrected chi connectivity index (χ1v) is 7.15. The average Bonchev–Trinajstić information content (AvgIpc) is 2.56. The summed E-state index contributed by atoms with van der Waals surface area (Å²) in [7, 11) is 0. The smallest absolute Gasteiger partial charge is 0.358 e. The molecule has 0 atom stereocenters. The van der Waals surface area contributed by atoms with E-state index >= 15 is 0 Å². The number of nitrogens with zero attached hydrogens (tertiary/aromatic N) is 2. The third kappa shape index (κ3) is 4.71. The summed E-state index contributed by atoms with van der Waals surface area (Å²) in [4.78, 5) is 15.9. The van der Waals surface area contributed by atoms with Gasteiger partial charge in [-0.1, -0.05) is 23.7 Å². The molecule has 5 nitrogen and oxygen atoms in total. The fraction of sp³-hybridized carbons (Fsp3) is 0.0625. The molecule has 2 aromatic rings. The summed E-state index contributed by atoms with van der Waals surface area (Å²) in [5.74, 6) is -0.994. The van der Waals surface area contributed by atoms with E-state index < -0.39 is 28.9 Å². The Balaban J connectivity index is 2.21. The van der Waals surface area contributed by atoms with E-state index in [9.17, 15) is 18.0 Å². The summed E-state index contributed by atoms with van der Waals surface area (Å²) in [5, 5.41) is 13.9. The number of pyridine rings is 1. The van der Waals surface area contributed by atoms with Crippen molar-refractivity contribution in [2.75, 3.05) is 10.6 Å². The van der Waals surface area contributed by atoms with Crippen molar-refractivity contribution in [3.05, 3.63) is 65.1 Å². The minimum absolute atomic E-state index is 0.110. The fourth-order valence-electron chi connectivity index (χ4n) is 1.82. The van der Waals surface area contributed by atoms with Crippen LogP contribution in [-0.2, 0) is 11.0 Å². The number of hydrogen-bond acceptors (Lipinski definition) is 4. The van der Waals surface area contributed by atoms with Crippen LogP contribution < -0.4 is 10.6 Å². The molecule has 9 heteroatoms. The van der Waals surface area contributed by atoms with Crippen LogP contribution in [-0.4, -0.2) is 10.9 Å². The van der Waals surface area contributed by atoms with E-state index in [2.05, 4.69) is 15.6 Å². The van der Waals surface area contributed by atoms with E-state index in [-0.39, 0.29) is 5.15 Å². The number of nitrogens with one attached hydrogen (secondary N) is 2. The molecule has 0 radical (unpaired) electrons. The number of hydrogen-bond donors (Lipinski definition) is 2. The maximum atomic E-state index is 12.9. The van der Waals surface area contributed by atoms with Crippen molar-refractivity contribution in [2.45, 2.75) is 6.18 Å². The molecular weight excluding hydrogens is 357 g/mol. The van der Waals surface area contributed by atoms with Gasteiger partial charge in [-0.2, -0.15) is 18.4 Å². The van der Waals surface area contributed by atoms with E-state index in [1.165, 1.54) is 18.3 Å². The first-order valence-electron chi connectivity index (χ1n) is 6.78. The Labute approximate surface area is 145 Å². The van der Waals surface area contributed by atoms with E-state index in [4.69, 9.17) is 16.9 Å². The van der Waals surface area contributed by atoms with Gasteiger partial charge in [0.1, 0.15) is 11.6 Å². The monoisotopic (exact) mass is 366 g/mol. The Hall–Kier alpha value is -3.05. The molecule has 128 valence electrons. The highest BCUT2D eigenvalue weighted by Crippen LogP contribution is 2.34. The lowest BCUT2D eigenvalue weighted by Crippen LogP contribution is -2.18. The van der Waals surface area contributed by atoms with Crippen LogP contribution >= 0.6 is 11.6 Å². The summed E-state index contributed by atoms with van der Waals surface area (Å²) in [6, 6.07) is 9.21. The highest BCUT2D eigenvalue weighted by molar-refractivity contribution is 6.32. The van der Waals surface area contributed by atoms with Crippen molar-refractivity contribution < 1.29 is 18.0 Å². The number of amides is 1. The van der Waals surface area contributed by atoms with E-state index in [0.29, 0.717) is 5.69 Å². The molecule has 0 aliphatic carbocycles. The zero-order chi connectivity index (χ0) is 18.4. The van der Waals surface area contributed by atoms with Gasteiger partial charge in [-0.3, -0.25) is 4.79 Å². The molecule has 0 spiro atoms. The molecule has 0 aliphatic rings. The van der Waals surface area contributed by atoms with Gasteiger partial charge in [-0.25, -0.2) is 4.98 Å². The minimum atomic E-state index is -4.64. The lowest BCUT2D eigenvalue weighted by molar-refractivity contribution is -0.137. The molecule has 0 saturated carbocycles. The summed E-state index contributed by atoms with van der Waals surface area (Å²) >= 11 is 5.82. The third-order valence-electron chi connectivity index (χ3n) is 2.98. The van der Waals surface area contributed by atoms with Crippen molar-refractivity contribution in [1.29, 1.82) is 5.26 Å². The number of rotatable bonds is 4. The lowest BCUT2D eigenvalue weighted by atomic mass is 10.1. The Bertz CT molecular complexity index is 859. The maximum Gasteiger partial charge on any atom is 0.418 e. The first-order chi connectivity index (χ1) is 11.8. The number of halogens is 4. The zero-order valence-corrected chi connectivity index (χ0v) is 13.2. The fourth-order valence-corrected chi connectivity index (χ4v) is 2.00. The second-order valence-corrected chi connectivity index (χ2v) is 5.01. The summed E-state index contributed by atoms with van der Waals surface area (Å²) in [6.45, 7) is 0. The molecular formula is C16H10ClF3N4O. The van der Waals surface area contributed by atoms with E-state index in [0.717, 1.165) is 18.3 Å². The quantitative estimate of drug-likeness (QED) is 0.482. The molecule has 1 aromatic carbocycles. The van der Waals surface area contributed by atoms with Gasteiger partial charge in [-0.15, -0.1) is 0 Å². The Morgan fingerprint density at radius 1 is 1.20 bits per heavy atom. The number of carbonyl (C=O) groups is 1. The highest BCUT2D eigenvalue weighted by Gasteiger charge is 2.33. The predicted molar refractivity (Wildman–Crippen MR) is 86.6 cm³/mol. The SMILES string of the molecule is N#C/C(=C/Nc1cccnc1Cl)C(=O)Nc1ccccc1C(F)(F)F. The third-order valence-corrected chi connectivity index (χ3v) is 3.28. The largest absolute Gasteiger partial charge is 0.418 e. The molecule has 0 aliphatic heterocycles. The van der Waals surface area contributed by atoms with Gasteiger partial charge in [-0.05, 0) is 24.3 Å². The average molecular weight is 367 g/mol. The van der Waals surface area contributed by atoms with Crippen LogP contribution in [0.3, 0.4) is 0 Å². The van der Waals surface area contributed by atoms with Crippen LogP contribution in [0.2, 0.25) is 5.15 Å². The molecule has 1 heterocycles. The van der Waals surface area contributed by atoms with E-state index in [1.54, 1.807) is 18.2 Å². The molecule has 0 saturated heterocycles. The second kappa shape index (κ2) is 7.68. The number of alkyl halides is 3. The van der Waals surface area contributed by atoms with Crippen LogP contribution in [0.1, 0.15) is 5.56 Å². The van der Waals surface area contributed by atoms with Crippen LogP contribution in [0.4, 0.5) is 24.5 Å². The van der Waals surface area contributed by atoms with Crippen LogP contribution in [0.25, 0.3) is 0 Å². The van der Waals surface area contributed by atoms with Crippen LogP contribution in [0.15, 0.2) is 54.4 Å². The van der Waals surface area contributed by atoms with Crippen molar-refractivity contribution >= 4 is 28.9 Å². The Kier molecular flexibility index (Phi) is 5.62. The number of para-hydroxylation sites is 1. The number of aromatic nitrogens is 1. The Morgan fingerprint density at radius 3 is 2.52 bits per heavy atom. The first kappa shape index (κ1) is 18.3. The molecule has 2 rings (SSSR count). The predicted octanol–water partition coefficient (Wildman–Crippen LogP) is 4.21. The highest BCUT2D eigenvalue weighted by atomic mass is 35.5. The number of benzene rings is 1. The number of nitriles is 1. The molecule has 0 fully saturated rings. The molecule has 1 amide bonds. The molecule has 0 unspecified atom stereocenters. The van der Waals surface area contributed by atoms with Gasteiger partial charge in [0.15, 0.2) is 5.15 Å². The molecule has 2 N–H and O–H groups in total. The van der Waals surface area contributed by atoms with Crippen molar-refractivity contribution in [3.63, 3.8) is 0 Å². The van der Waals surface area contributed by atoms with Crippen molar-refractivity contribution in [3.8, 4) is 6.07 Å². The topological polar surface area (TPSA) is 77.8 Å². The normalized spacial score (nSPS) is 11.6. The standard InChI is InChI=1S/C16H10ClF3N4O/c17-14-13(6-3-7-22-14)23-9-10(8-21)15(25)24-12-5-2-1-4-11(12)16(18,19)20/h1-7,9,23H,(H,24,25)/b10-9-. The van der Waals surface area contributed by atoms with Gasteiger partial charge in [0.25, 0.3) is 5.91 Å². The Morgan fingerprint density at radius 2 is 1.88 bits per heavy atom. The summed E-state index contributed by atoms with van der Waals surface area (Å²) in [5.41, 5.74) is -1.55. The van der Waals surface area contributed by atoms with Crippen molar-refractivity contribution in [2.24, 2.45) is 0 Å².